The number of benzene rings is 1. The van der Waals surface area contributed by atoms with Gasteiger partial charge in [-0.2, -0.15) is 4.31 Å². The summed E-state index contributed by atoms with van der Waals surface area (Å²) >= 11 is 1.45. The van der Waals surface area contributed by atoms with Crippen LogP contribution >= 0.6 is 11.3 Å². The highest BCUT2D eigenvalue weighted by molar-refractivity contribution is 7.89. The highest BCUT2D eigenvalue weighted by Crippen LogP contribution is 2.21. The van der Waals surface area contributed by atoms with Crippen LogP contribution in [0.15, 0.2) is 45.4 Å². The lowest BCUT2D eigenvalue weighted by Gasteiger charge is -2.33. The average Bonchev–Trinajstić information content (AvgIpc) is 3.10. The Kier molecular flexibility index (Phi) is 5.92. The summed E-state index contributed by atoms with van der Waals surface area (Å²) in [6.07, 6.45) is 0. The van der Waals surface area contributed by atoms with Gasteiger partial charge in [0.2, 0.25) is 10.0 Å². The van der Waals surface area contributed by atoms with Crippen LogP contribution in [0.5, 0.6) is 5.75 Å². The average molecular weight is 449 g/mol. The first kappa shape index (κ1) is 21.0. The molecule has 0 bridgehead atoms. The van der Waals surface area contributed by atoms with E-state index < -0.39 is 10.0 Å². The van der Waals surface area contributed by atoms with Gasteiger partial charge < -0.3 is 4.74 Å². The molecular formula is C20H24N4O4S2. The number of rotatable bonds is 6. The molecule has 1 aliphatic rings. The summed E-state index contributed by atoms with van der Waals surface area (Å²) in [5.41, 5.74) is 1.52. The lowest BCUT2D eigenvalue weighted by atomic mass is 10.3. The summed E-state index contributed by atoms with van der Waals surface area (Å²) in [4.78, 5) is 20.0. The van der Waals surface area contributed by atoms with Crippen molar-refractivity contribution in [3.63, 3.8) is 0 Å². The Morgan fingerprint density at radius 3 is 2.50 bits per heavy atom. The maximum absolute atomic E-state index is 12.9. The molecule has 3 heterocycles. The van der Waals surface area contributed by atoms with Crippen LogP contribution in [0.1, 0.15) is 18.3 Å². The van der Waals surface area contributed by atoms with Crippen molar-refractivity contribution in [3.8, 4) is 5.75 Å². The van der Waals surface area contributed by atoms with Gasteiger partial charge in [-0.25, -0.2) is 13.4 Å². The minimum atomic E-state index is -3.54. The standard InChI is InChI=1S/C20H24N4O4S2/c1-3-28-17-4-6-18(7-5-17)30(26,27)23-10-8-22(9-11-23)13-16-12-19(25)24-15(2)14-29-20(24)21-16/h4-7,12,14H,3,8-11,13H2,1-2H3. The van der Waals surface area contributed by atoms with E-state index in [4.69, 9.17) is 4.74 Å². The van der Waals surface area contributed by atoms with E-state index in [1.165, 1.54) is 15.6 Å². The molecule has 0 atom stereocenters. The summed E-state index contributed by atoms with van der Waals surface area (Å²) in [5.74, 6) is 0.655. The first-order chi connectivity index (χ1) is 14.4. The molecular weight excluding hydrogens is 424 g/mol. The van der Waals surface area contributed by atoms with E-state index in [9.17, 15) is 13.2 Å². The molecule has 0 unspecified atom stereocenters. The number of aryl methyl sites for hydroxylation is 1. The molecule has 10 heteroatoms. The number of nitrogens with zero attached hydrogens (tertiary/aromatic N) is 4. The number of sulfonamides is 1. The molecule has 2 aromatic heterocycles. The van der Waals surface area contributed by atoms with Crippen LogP contribution in [0, 0.1) is 6.92 Å². The summed E-state index contributed by atoms with van der Waals surface area (Å²) in [7, 11) is -3.54. The molecule has 1 aromatic carbocycles. The van der Waals surface area contributed by atoms with E-state index in [2.05, 4.69) is 9.88 Å². The summed E-state index contributed by atoms with van der Waals surface area (Å²) < 4.78 is 34.3. The molecule has 1 aliphatic heterocycles. The van der Waals surface area contributed by atoms with E-state index in [0.717, 1.165) is 5.69 Å². The zero-order chi connectivity index (χ0) is 21.3. The Hall–Kier alpha value is -2.27. The third-order valence-electron chi connectivity index (χ3n) is 5.12. The number of hydrogen-bond donors (Lipinski definition) is 0. The van der Waals surface area contributed by atoms with E-state index in [1.807, 2.05) is 19.2 Å². The molecule has 160 valence electrons. The summed E-state index contributed by atoms with van der Waals surface area (Å²) in [6, 6.07) is 8.10. The van der Waals surface area contributed by atoms with Gasteiger partial charge in [-0.1, -0.05) is 0 Å². The molecule has 0 N–H and O–H groups in total. The Balaban J connectivity index is 1.41. The molecule has 4 rings (SSSR count). The molecule has 0 amide bonds. The van der Waals surface area contributed by atoms with Crippen LogP contribution in [0.25, 0.3) is 4.96 Å². The van der Waals surface area contributed by atoms with Crippen molar-refractivity contribution in [2.24, 2.45) is 0 Å². The predicted octanol–water partition coefficient (Wildman–Crippen LogP) is 1.97. The lowest BCUT2D eigenvalue weighted by molar-refractivity contribution is 0.180. The largest absolute Gasteiger partial charge is 0.494 e. The molecule has 0 saturated carbocycles. The molecule has 1 fully saturated rings. The third kappa shape index (κ3) is 4.13. The van der Waals surface area contributed by atoms with Gasteiger partial charge in [0.25, 0.3) is 5.56 Å². The SMILES string of the molecule is CCOc1ccc(S(=O)(=O)N2CCN(Cc3cc(=O)n4c(C)csc4n3)CC2)cc1. The van der Waals surface area contributed by atoms with Crippen molar-refractivity contribution in [1.29, 1.82) is 0 Å². The topological polar surface area (TPSA) is 84.2 Å². The maximum Gasteiger partial charge on any atom is 0.259 e. The number of piperazine rings is 1. The van der Waals surface area contributed by atoms with Gasteiger partial charge >= 0.3 is 0 Å². The summed E-state index contributed by atoms with van der Waals surface area (Å²) in [5, 5.41) is 1.91. The maximum atomic E-state index is 12.9. The van der Waals surface area contributed by atoms with E-state index in [-0.39, 0.29) is 10.5 Å². The van der Waals surface area contributed by atoms with Gasteiger partial charge in [0.05, 0.1) is 17.2 Å². The Morgan fingerprint density at radius 1 is 1.13 bits per heavy atom. The number of fused-ring (bicyclic) bond motifs is 1. The normalized spacial score (nSPS) is 16.2. The van der Waals surface area contributed by atoms with Crippen molar-refractivity contribution in [3.05, 3.63) is 57.5 Å². The van der Waals surface area contributed by atoms with Crippen LogP contribution in [-0.2, 0) is 16.6 Å². The Bertz CT molecular complexity index is 1190. The van der Waals surface area contributed by atoms with Crippen molar-refractivity contribution in [2.75, 3.05) is 32.8 Å². The number of ether oxygens (including phenoxy) is 1. The van der Waals surface area contributed by atoms with Crippen molar-refractivity contribution in [1.82, 2.24) is 18.6 Å². The molecule has 1 saturated heterocycles. The second kappa shape index (κ2) is 8.46. The second-order valence-corrected chi connectivity index (χ2v) is 9.94. The monoisotopic (exact) mass is 448 g/mol. The minimum absolute atomic E-state index is 0.0783. The Morgan fingerprint density at radius 2 is 1.83 bits per heavy atom. The van der Waals surface area contributed by atoms with Crippen LogP contribution in [0.3, 0.4) is 0 Å². The van der Waals surface area contributed by atoms with Crippen LogP contribution in [-0.4, -0.2) is 59.8 Å². The lowest BCUT2D eigenvalue weighted by Crippen LogP contribution is -2.48. The predicted molar refractivity (Wildman–Crippen MR) is 116 cm³/mol. The Labute approximate surface area is 179 Å². The second-order valence-electron chi connectivity index (χ2n) is 7.17. The fourth-order valence-corrected chi connectivity index (χ4v) is 5.88. The van der Waals surface area contributed by atoms with E-state index in [0.29, 0.717) is 55.7 Å². The fraction of sp³-hybridized carbons (Fsp3) is 0.400. The van der Waals surface area contributed by atoms with Gasteiger partial charge in [0.1, 0.15) is 5.75 Å². The number of aromatic nitrogens is 2. The first-order valence-corrected chi connectivity index (χ1v) is 12.1. The van der Waals surface area contributed by atoms with Crippen molar-refractivity contribution < 1.29 is 13.2 Å². The quantitative estimate of drug-likeness (QED) is 0.573. The smallest absolute Gasteiger partial charge is 0.259 e. The van der Waals surface area contributed by atoms with Crippen LogP contribution in [0.2, 0.25) is 0 Å². The van der Waals surface area contributed by atoms with Crippen molar-refractivity contribution in [2.45, 2.75) is 25.3 Å². The van der Waals surface area contributed by atoms with Gasteiger partial charge in [0.15, 0.2) is 4.96 Å². The van der Waals surface area contributed by atoms with Gasteiger partial charge in [-0.05, 0) is 38.1 Å². The minimum Gasteiger partial charge on any atom is -0.494 e. The van der Waals surface area contributed by atoms with Gasteiger partial charge in [-0.3, -0.25) is 14.1 Å². The van der Waals surface area contributed by atoms with Crippen LogP contribution in [0.4, 0.5) is 0 Å². The van der Waals surface area contributed by atoms with Gasteiger partial charge in [0, 0.05) is 49.9 Å². The molecule has 0 radical (unpaired) electrons. The van der Waals surface area contributed by atoms with Crippen LogP contribution < -0.4 is 10.3 Å². The highest BCUT2D eigenvalue weighted by atomic mass is 32.2. The number of hydrogen-bond acceptors (Lipinski definition) is 7. The zero-order valence-corrected chi connectivity index (χ0v) is 18.6. The fourth-order valence-electron chi connectivity index (χ4n) is 3.56. The zero-order valence-electron chi connectivity index (χ0n) is 16.9. The van der Waals surface area contributed by atoms with Crippen molar-refractivity contribution >= 4 is 26.3 Å². The van der Waals surface area contributed by atoms with E-state index >= 15 is 0 Å². The number of thiazole rings is 1. The molecule has 0 aliphatic carbocycles. The third-order valence-corrected chi connectivity index (χ3v) is 7.97. The molecule has 8 nitrogen and oxygen atoms in total. The molecule has 3 aromatic rings. The molecule has 30 heavy (non-hydrogen) atoms. The van der Waals surface area contributed by atoms with Gasteiger partial charge in [-0.15, -0.1) is 11.3 Å². The molecule has 0 spiro atoms. The first-order valence-electron chi connectivity index (χ1n) is 9.80. The van der Waals surface area contributed by atoms with E-state index in [1.54, 1.807) is 34.7 Å². The highest BCUT2D eigenvalue weighted by Gasteiger charge is 2.28. The summed E-state index contributed by atoms with van der Waals surface area (Å²) in [6.45, 7) is 6.80.